The Morgan fingerprint density at radius 3 is 2.76 bits per heavy atom. The number of hydrogen-bond donors (Lipinski definition) is 2. The SMILES string of the molecule is CCCNC1CCC(O)(c2cncc3ccccc23)CC1. The summed E-state index contributed by atoms with van der Waals surface area (Å²) in [5.74, 6) is 0. The van der Waals surface area contributed by atoms with E-state index in [-0.39, 0.29) is 0 Å². The molecule has 3 nitrogen and oxygen atoms in total. The number of hydrogen-bond acceptors (Lipinski definition) is 3. The fraction of sp³-hybridized carbons (Fsp3) is 0.500. The van der Waals surface area contributed by atoms with Crippen molar-refractivity contribution in [3.05, 3.63) is 42.2 Å². The molecule has 1 aliphatic rings. The zero-order valence-corrected chi connectivity index (χ0v) is 12.7. The molecule has 1 heterocycles. The lowest BCUT2D eigenvalue weighted by atomic mass is 9.77. The Labute approximate surface area is 126 Å². The first-order valence-corrected chi connectivity index (χ1v) is 8.02. The lowest BCUT2D eigenvalue weighted by Crippen LogP contribution is -2.40. The third-order valence-corrected chi connectivity index (χ3v) is 4.67. The standard InChI is InChI=1S/C18H24N2O/c1-2-11-20-15-7-9-18(21,10-8-15)17-13-19-12-14-5-3-4-6-16(14)17/h3-6,12-13,15,20-21H,2,7-11H2,1H3. The van der Waals surface area contributed by atoms with Gasteiger partial charge >= 0.3 is 0 Å². The molecule has 0 radical (unpaired) electrons. The Kier molecular flexibility index (Phi) is 4.22. The van der Waals surface area contributed by atoms with Crippen LogP contribution in [0.4, 0.5) is 0 Å². The molecule has 0 aliphatic heterocycles. The first-order valence-electron chi connectivity index (χ1n) is 8.02. The van der Waals surface area contributed by atoms with Gasteiger partial charge in [0.1, 0.15) is 0 Å². The fourth-order valence-corrected chi connectivity index (χ4v) is 3.40. The molecule has 0 unspecified atom stereocenters. The molecule has 2 N–H and O–H groups in total. The van der Waals surface area contributed by atoms with Gasteiger partial charge in [0.2, 0.25) is 0 Å². The first kappa shape index (κ1) is 14.5. The van der Waals surface area contributed by atoms with E-state index in [1.807, 2.05) is 24.5 Å². The Morgan fingerprint density at radius 1 is 1.24 bits per heavy atom. The molecule has 0 amide bonds. The number of aliphatic hydroxyl groups is 1. The molecule has 0 atom stereocenters. The van der Waals surface area contributed by atoms with E-state index in [2.05, 4.69) is 29.4 Å². The molecule has 3 rings (SSSR count). The minimum absolute atomic E-state index is 0.549. The number of nitrogens with zero attached hydrogens (tertiary/aromatic N) is 1. The molecule has 21 heavy (non-hydrogen) atoms. The van der Waals surface area contributed by atoms with Crippen LogP contribution in [0.5, 0.6) is 0 Å². The van der Waals surface area contributed by atoms with Crippen LogP contribution in [0.3, 0.4) is 0 Å². The number of aromatic nitrogens is 1. The van der Waals surface area contributed by atoms with Crippen molar-refractivity contribution in [2.75, 3.05) is 6.54 Å². The molecule has 1 aliphatic carbocycles. The lowest BCUT2D eigenvalue weighted by Gasteiger charge is -2.37. The van der Waals surface area contributed by atoms with Gasteiger partial charge in [0.05, 0.1) is 5.60 Å². The van der Waals surface area contributed by atoms with Crippen molar-refractivity contribution >= 4 is 10.8 Å². The van der Waals surface area contributed by atoms with E-state index < -0.39 is 5.60 Å². The number of rotatable bonds is 4. The summed E-state index contributed by atoms with van der Waals surface area (Å²) in [6.45, 7) is 3.26. The van der Waals surface area contributed by atoms with E-state index in [4.69, 9.17) is 0 Å². The number of pyridine rings is 1. The maximum Gasteiger partial charge on any atom is 0.0918 e. The second-order valence-corrected chi connectivity index (χ2v) is 6.17. The fourth-order valence-electron chi connectivity index (χ4n) is 3.40. The molecular formula is C18H24N2O. The monoisotopic (exact) mass is 284 g/mol. The summed E-state index contributed by atoms with van der Waals surface area (Å²) >= 11 is 0. The third-order valence-electron chi connectivity index (χ3n) is 4.67. The second-order valence-electron chi connectivity index (χ2n) is 6.17. The van der Waals surface area contributed by atoms with Crippen molar-refractivity contribution in [3.8, 4) is 0 Å². The third kappa shape index (κ3) is 2.94. The van der Waals surface area contributed by atoms with E-state index in [1.54, 1.807) is 0 Å². The highest BCUT2D eigenvalue weighted by Gasteiger charge is 2.35. The van der Waals surface area contributed by atoms with Crippen LogP contribution in [0.25, 0.3) is 10.8 Å². The highest BCUT2D eigenvalue weighted by Crippen LogP contribution is 2.39. The highest BCUT2D eigenvalue weighted by molar-refractivity contribution is 5.85. The van der Waals surface area contributed by atoms with Gasteiger partial charge in [-0.15, -0.1) is 0 Å². The van der Waals surface area contributed by atoms with Crippen molar-refractivity contribution in [1.29, 1.82) is 0 Å². The molecule has 0 spiro atoms. The highest BCUT2D eigenvalue weighted by atomic mass is 16.3. The van der Waals surface area contributed by atoms with Gasteiger partial charge < -0.3 is 10.4 Å². The Hall–Kier alpha value is -1.45. The Bertz CT molecular complexity index is 598. The van der Waals surface area contributed by atoms with E-state index >= 15 is 0 Å². The van der Waals surface area contributed by atoms with Gasteiger partial charge in [-0.3, -0.25) is 4.98 Å². The van der Waals surface area contributed by atoms with E-state index in [0.717, 1.165) is 55.0 Å². The summed E-state index contributed by atoms with van der Waals surface area (Å²) < 4.78 is 0. The van der Waals surface area contributed by atoms with Crippen molar-refractivity contribution < 1.29 is 5.11 Å². The Balaban J connectivity index is 1.82. The molecular weight excluding hydrogens is 260 g/mol. The number of benzene rings is 1. The summed E-state index contributed by atoms with van der Waals surface area (Å²) in [4.78, 5) is 4.33. The summed E-state index contributed by atoms with van der Waals surface area (Å²) in [5, 5.41) is 16.9. The molecule has 1 aromatic heterocycles. The van der Waals surface area contributed by atoms with Crippen LogP contribution < -0.4 is 5.32 Å². The lowest BCUT2D eigenvalue weighted by molar-refractivity contribution is -0.00720. The Morgan fingerprint density at radius 2 is 2.00 bits per heavy atom. The summed E-state index contributed by atoms with van der Waals surface area (Å²) in [5.41, 5.74) is 0.271. The molecule has 2 aromatic rings. The number of nitrogens with one attached hydrogen (secondary N) is 1. The molecule has 0 saturated heterocycles. The molecule has 1 fully saturated rings. The normalized spacial score (nSPS) is 26.1. The van der Waals surface area contributed by atoms with Crippen LogP contribution in [0.2, 0.25) is 0 Å². The summed E-state index contributed by atoms with van der Waals surface area (Å²) in [6, 6.07) is 8.75. The van der Waals surface area contributed by atoms with E-state index in [0.29, 0.717) is 6.04 Å². The topological polar surface area (TPSA) is 45.1 Å². The van der Waals surface area contributed by atoms with Crippen LogP contribution >= 0.6 is 0 Å². The predicted octanol–water partition coefficient (Wildman–Crippen LogP) is 3.36. The van der Waals surface area contributed by atoms with Gasteiger partial charge in [0, 0.05) is 29.4 Å². The maximum atomic E-state index is 11.1. The average molecular weight is 284 g/mol. The largest absolute Gasteiger partial charge is 0.385 e. The van der Waals surface area contributed by atoms with Crippen molar-refractivity contribution in [1.82, 2.24) is 10.3 Å². The molecule has 1 saturated carbocycles. The van der Waals surface area contributed by atoms with Crippen LogP contribution in [0.1, 0.15) is 44.6 Å². The van der Waals surface area contributed by atoms with Gasteiger partial charge in [0.15, 0.2) is 0 Å². The van der Waals surface area contributed by atoms with Crippen LogP contribution in [0.15, 0.2) is 36.7 Å². The molecule has 112 valence electrons. The van der Waals surface area contributed by atoms with Gasteiger partial charge in [-0.05, 0) is 44.0 Å². The van der Waals surface area contributed by atoms with Gasteiger partial charge in [-0.25, -0.2) is 0 Å². The smallest absolute Gasteiger partial charge is 0.0918 e. The maximum absolute atomic E-state index is 11.1. The minimum Gasteiger partial charge on any atom is -0.385 e. The second kappa shape index (κ2) is 6.12. The van der Waals surface area contributed by atoms with E-state index in [1.165, 1.54) is 0 Å². The van der Waals surface area contributed by atoms with Gasteiger partial charge in [0.25, 0.3) is 0 Å². The average Bonchev–Trinajstić information content (AvgIpc) is 2.54. The van der Waals surface area contributed by atoms with Crippen LogP contribution in [0, 0.1) is 0 Å². The minimum atomic E-state index is -0.724. The predicted molar refractivity (Wildman–Crippen MR) is 86.2 cm³/mol. The zero-order chi connectivity index (χ0) is 14.7. The zero-order valence-electron chi connectivity index (χ0n) is 12.7. The number of fused-ring (bicyclic) bond motifs is 1. The quantitative estimate of drug-likeness (QED) is 0.905. The van der Waals surface area contributed by atoms with Crippen LogP contribution in [-0.2, 0) is 5.60 Å². The molecule has 0 bridgehead atoms. The van der Waals surface area contributed by atoms with Crippen LogP contribution in [-0.4, -0.2) is 22.7 Å². The summed E-state index contributed by atoms with van der Waals surface area (Å²) in [6.07, 6.45) is 8.56. The van der Waals surface area contributed by atoms with Crippen molar-refractivity contribution in [2.24, 2.45) is 0 Å². The first-order chi connectivity index (χ1) is 10.2. The van der Waals surface area contributed by atoms with Crippen molar-refractivity contribution in [2.45, 2.75) is 50.7 Å². The molecule has 3 heteroatoms. The summed E-state index contributed by atoms with van der Waals surface area (Å²) in [7, 11) is 0. The van der Waals surface area contributed by atoms with E-state index in [9.17, 15) is 5.11 Å². The van der Waals surface area contributed by atoms with Crippen molar-refractivity contribution in [3.63, 3.8) is 0 Å². The van der Waals surface area contributed by atoms with Gasteiger partial charge in [-0.2, -0.15) is 0 Å². The molecule has 1 aromatic carbocycles. The van der Waals surface area contributed by atoms with Gasteiger partial charge in [-0.1, -0.05) is 31.2 Å².